The zero-order valence-corrected chi connectivity index (χ0v) is 11.1. The van der Waals surface area contributed by atoms with Gasteiger partial charge in [-0.05, 0) is 37.5 Å². The van der Waals surface area contributed by atoms with E-state index in [1.807, 2.05) is 0 Å². The van der Waals surface area contributed by atoms with Crippen LogP contribution in [0, 0.1) is 0 Å². The number of aliphatic hydroxyl groups excluding tert-OH is 1. The summed E-state index contributed by atoms with van der Waals surface area (Å²) in [4.78, 5) is 11.4. The lowest BCUT2D eigenvalue weighted by molar-refractivity contribution is 0.0577. The van der Waals surface area contributed by atoms with Gasteiger partial charge in [0, 0.05) is 0 Å². The molecule has 5 nitrogen and oxygen atoms in total. The summed E-state index contributed by atoms with van der Waals surface area (Å²) in [5.74, 6) is 0.564. The Kier molecular flexibility index (Phi) is 4.27. The second kappa shape index (κ2) is 5.93. The number of methoxy groups -OCH3 is 2. The minimum Gasteiger partial charge on any atom is -0.493 e. The zero-order valence-electron chi connectivity index (χ0n) is 11.1. The molecule has 5 heteroatoms. The van der Waals surface area contributed by atoms with E-state index >= 15 is 0 Å². The minimum absolute atomic E-state index is 0.210. The second-order valence-electron chi connectivity index (χ2n) is 4.51. The molecule has 1 saturated carbocycles. The first kappa shape index (κ1) is 13.7. The van der Waals surface area contributed by atoms with Crippen molar-refractivity contribution in [2.75, 3.05) is 14.2 Å². The summed E-state index contributed by atoms with van der Waals surface area (Å²) in [7, 11) is 2.84. The maximum atomic E-state index is 11.4. The van der Waals surface area contributed by atoms with E-state index in [-0.39, 0.29) is 6.10 Å². The van der Waals surface area contributed by atoms with E-state index in [1.165, 1.54) is 14.2 Å². The van der Waals surface area contributed by atoms with E-state index in [9.17, 15) is 9.90 Å². The van der Waals surface area contributed by atoms with Crippen molar-refractivity contribution in [1.29, 1.82) is 0 Å². The van der Waals surface area contributed by atoms with Crippen LogP contribution in [0.15, 0.2) is 18.2 Å². The molecule has 1 fully saturated rings. The molecular formula is C14H18O5. The maximum absolute atomic E-state index is 11.4. The van der Waals surface area contributed by atoms with Gasteiger partial charge in [-0.3, -0.25) is 0 Å². The van der Waals surface area contributed by atoms with Crippen LogP contribution in [-0.2, 0) is 4.74 Å². The standard InChI is InChI=1S/C14H18O5/c1-17-13-8-9(14(16)18-2)6-7-12(13)19-11-5-3-4-10(11)15/h6-8,10-11,15H,3-5H2,1-2H3. The van der Waals surface area contributed by atoms with E-state index in [0.717, 1.165) is 19.3 Å². The van der Waals surface area contributed by atoms with E-state index < -0.39 is 12.1 Å². The first-order valence-corrected chi connectivity index (χ1v) is 6.26. The third-order valence-corrected chi connectivity index (χ3v) is 3.28. The highest BCUT2D eigenvalue weighted by molar-refractivity contribution is 5.90. The SMILES string of the molecule is COC(=O)c1ccc(OC2CCCC2O)c(OC)c1. The number of hydrogen-bond acceptors (Lipinski definition) is 5. The lowest BCUT2D eigenvalue weighted by Crippen LogP contribution is -2.25. The summed E-state index contributed by atoms with van der Waals surface area (Å²) < 4.78 is 15.6. The normalized spacial score (nSPS) is 22.1. The number of ether oxygens (including phenoxy) is 3. The summed E-state index contributed by atoms with van der Waals surface area (Å²) in [5.41, 5.74) is 0.402. The highest BCUT2D eigenvalue weighted by atomic mass is 16.5. The number of hydrogen-bond donors (Lipinski definition) is 1. The highest BCUT2D eigenvalue weighted by Gasteiger charge is 2.28. The van der Waals surface area contributed by atoms with Gasteiger partial charge in [-0.15, -0.1) is 0 Å². The van der Waals surface area contributed by atoms with Gasteiger partial charge >= 0.3 is 5.97 Å². The predicted molar refractivity (Wildman–Crippen MR) is 68.6 cm³/mol. The Bertz CT molecular complexity index is 457. The first-order chi connectivity index (χ1) is 9.15. The molecule has 1 aromatic carbocycles. The third-order valence-electron chi connectivity index (χ3n) is 3.28. The third kappa shape index (κ3) is 2.98. The molecule has 1 N–H and O–H groups in total. The van der Waals surface area contributed by atoms with Crippen LogP contribution in [0.5, 0.6) is 11.5 Å². The summed E-state index contributed by atoms with van der Waals surface area (Å²) in [6, 6.07) is 4.85. The summed E-state index contributed by atoms with van der Waals surface area (Å²) in [6.07, 6.45) is 1.88. The van der Waals surface area contributed by atoms with Gasteiger partial charge in [0.15, 0.2) is 11.5 Å². The molecule has 2 unspecified atom stereocenters. The average Bonchev–Trinajstić information content (AvgIpc) is 2.84. The van der Waals surface area contributed by atoms with Crippen molar-refractivity contribution in [1.82, 2.24) is 0 Å². The van der Waals surface area contributed by atoms with Crippen LogP contribution in [0.25, 0.3) is 0 Å². The van der Waals surface area contributed by atoms with Crippen molar-refractivity contribution in [3.63, 3.8) is 0 Å². The molecule has 0 saturated heterocycles. The Hall–Kier alpha value is -1.75. The molecule has 0 spiro atoms. The van der Waals surface area contributed by atoms with Crippen LogP contribution in [0.2, 0.25) is 0 Å². The monoisotopic (exact) mass is 266 g/mol. The molecule has 2 rings (SSSR count). The number of esters is 1. The molecule has 1 aromatic rings. The number of aliphatic hydroxyl groups is 1. The van der Waals surface area contributed by atoms with Crippen molar-refractivity contribution in [2.45, 2.75) is 31.5 Å². The van der Waals surface area contributed by atoms with Gasteiger partial charge in [0.05, 0.1) is 25.9 Å². The summed E-state index contributed by atoms with van der Waals surface area (Å²) in [5, 5.41) is 9.75. The van der Waals surface area contributed by atoms with Crippen LogP contribution >= 0.6 is 0 Å². The lowest BCUT2D eigenvalue weighted by Gasteiger charge is -2.19. The van der Waals surface area contributed by atoms with Crippen molar-refractivity contribution < 1.29 is 24.1 Å². The van der Waals surface area contributed by atoms with E-state index in [2.05, 4.69) is 4.74 Å². The molecule has 0 amide bonds. The fourth-order valence-electron chi connectivity index (χ4n) is 2.22. The van der Waals surface area contributed by atoms with Gasteiger partial charge in [-0.1, -0.05) is 0 Å². The van der Waals surface area contributed by atoms with Crippen molar-refractivity contribution in [3.05, 3.63) is 23.8 Å². The molecule has 2 atom stereocenters. The van der Waals surface area contributed by atoms with Crippen LogP contribution in [0.3, 0.4) is 0 Å². The van der Waals surface area contributed by atoms with Crippen molar-refractivity contribution >= 4 is 5.97 Å². The lowest BCUT2D eigenvalue weighted by atomic mass is 10.2. The van der Waals surface area contributed by atoms with E-state index in [0.29, 0.717) is 17.1 Å². The van der Waals surface area contributed by atoms with Crippen molar-refractivity contribution in [3.8, 4) is 11.5 Å². The van der Waals surface area contributed by atoms with E-state index in [1.54, 1.807) is 18.2 Å². The van der Waals surface area contributed by atoms with Gasteiger partial charge < -0.3 is 19.3 Å². The summed E-state index contributed by atoms with van der Waals surface area (Å²) in [6.45, 7) is 0. The van der Waals surface area contributed by atoms with Crippen LogP contribution in [0.1, 0.15) is 29.6 Å². The number of benzene rings is 1. The topological polar surface area (TPSA) is 65.0 Å². The molecule has 0 radical (unpaired) electrons. The average molecular weight is 266 g/mol. The molecule has 0 aromatic heterocycles. The number of rotatable bonds is 4. The Morgan fingerprint density at radius 3 is 2.63 bits per heavy atom. The highest BCUT2D eigenvalue weighted by Crippen LogP contribution is 2.32. The van der Waals surface area contributed by atoms with Gasteiger partial charge in [-0.25, -0.2) is 4.79 Å². The van der Waals surface area contributed by atoms with Crippen LogP contribution < -0.4 is 9.47 Å². The van der Waals surface area contributed by atoms with Gasteiger partial charge in [0.1, 0.15) is 6.10 Å². The fraction of sp³-hybridized carbons (Fsp3) is 0.500. The molecular weight excluding hydrogens is 248 g/mol. The van der Waals surface area contributed by atoms with Crippen LogP contribution in [-0.4, -0.2) is 37.5 Å². The zero-order chi connectivity index (χ0) is 13.8. The number of carbonyl (C=O) groups excluding carboxylic acids is 1. The van der Waals surface area contributed by atoms with Gasteiger partial charge in [0.2, 0.25) is 0 Å². The van der Waals surface area contributed by atoms with Crippen LogP contribution in [0.4, 0.5) is 0 Å². The van der Waals surface area contributed by atoms with E-state index in [4.69, 9.17) is 9.47 Å². The van der Waals surface area contributed by atoms with Gasteiger partial charge in [0.25, 0.3) is 0 Å². The van der Waals surface area contributed by atoms with Gasteiger partial charge in [-0.2, -0.15) is 0 Å². The fourth-order valence-corrected chi connectivity index (χ4v) is 2.22. The quantitative estimate of drug-likeness (QED) is 0.841. The molecule has 104 valence electrons. The molecule has 0 bridgehead atoms. The smallest absolute Gasteiger partial charge is 0.337 e. The summed E-state index contributed by atoms with van der Waals surface area (Å²) >= 11 is 0. The second-order valence-corrected chi connectivity index (χ2v) is 4.51. The Balaban J connectivity index is 2.18. The molecule has 0 heterocycles. The molecule has 19 heavy (non-hydrogen) atoms. The number of carbonyl (C=O) groups is 1. The molecule has 1 aliphatic rings. The largest absolute Gasteiger partial charge is 0.493 e. The molecule has 0 aliphatic heterocycles. The maximum Gasteiger partial charge on any atom is 0.337 e. The molecule has 1 aliphatic carbocycles. The van der Waals surface area contributed by atoms with Crippen molar-refractivity contribution in [2.24, 2.45) is 0 Å². The minimum atomic E-state index is -0.440. The predicted octanol–water partition coefficient (Wildman–Crippen LogP) is 1.77. The Morgan fingerprint density at radius 1 is 1.26 bits per heavy atom. The Labute approximate surface area is 112 Å². The Morgan fingerprint density at radius 2 is 2.05 bits per heavy atom. The first-order valence-electron chi connectivity index (χ1n) is 6.26.